The number of hydrogen-bond acceptors (Lipinski definition) is 7. The molecule has 2 heterocycles. The van der Waals surface area contributed by atoms with Crippen molar-refractivity contribution in [3.8, 4) is 11.5 Å². The van der Waals surface area contributed by atoms with Gasteiger partial charge in [0.15, 0.2) is 17.3 Å². The molecule has 1 saturated heterocycles. The second kappa shape index (κ2) is 9.21. The van der Waals surface area contributed by atoms with E-state index in [1.54, 1.807) is 19.4 Å². The Morgan fingerprint density at radius 2 is 1.94 bits per heavy atom. The summed E-state index contributed by atoms with van der Waals surface area (Å²) in [6, 6.07) is 20.0. The Morgan fingerprint density at radius 1 is 1.09 bits per heavy atom. The molecule has 0 bridgehead atoms. The third kappa shape index (κ3) is 4.29. The normalized spacial score (nSPS) is 17.1. The van der Waals surface area contributed by atoms with E-state index in [0.717, 1.165) is 16.5 Å². The molecule has 5 rings (SSSR count). The molecule has 1 N–H and O–H groups in total. The van der Waals surface area contributed by atoms with Crippen molar-refractivity contribution < 1.29 is 14.3 Å². The largest absolute Gasteiger partial charge is 0.493 e. The van der Waals surface area contributed by atoms with E-state index in [9.17, 15) is 4.79 Å². The van der Waals surface area contributed by atoms with Crippen molar-refractivity contribution in [3.63, 3.8) is 0 Å². The molecule has 1 aliphatic heterocycles. The van der Waals surface area contributed by atoms with Crippen molar-refractivity contribution in [1.29, 1.82) is 5.41 Å². The fourth-order valence-electron chi connectivity index (χ4n) is 3.81. The number of Topliss-reactive ketones (excluding diaryl/α,β-unsaturated/α-hetero) is 1. The van der Waals surface area contributed by atoms with Crippen LogP contribution in [0.2, 0.25) is 0 Å². The number of ether oxygens (including phenoxy) is 2. The van der Waals surface area contributed by atoms with Crippen LogP contribution in [0.5, 0.6) is 11.5 Å². The fourth-order valence-corrected chi connectivity index (χ4v) is 5.61. The second-order valence-corrected chi connectivity index (χ2v) is 9.49. The molecule has 3 aromatic carbocycles. The molecule has 1 fully saturated rings. The van der Waals surface area contributed by atoms with Crippen molar-refractivity contribution in [3.05, 3.63) is 93.3 Å². The summed E-state index contributed by atoms with van der Waals surface area (Å²) in [5.74, 6) is 0.541. The smallest absolute Gasteiger partial charge is 0.186 e. The van der Waals surface area contributed by atoms with Gasteiger partial charge < -0.3 is 9.47 Å². The number of benzene rings is 3. The number of thiazole rings is 1. The molecule has 1 aliphatic rings. The van der Waals surface area contributed by atoms with Gasteiger partial charge in [0, 0.05) is 11.6 Å². The lowest BCUT2D eigenvalue weighted by Crippen LogP contribution is -2.11. The number of rotatable bonds is 6. The van der Waals surface area contributed by atoms with E-state index in [1.165, 1.54) is 28.5 Å². The first-order valence-corrected chi connectivity index (χ1v) is 12.0. The lowest BCUT2D eigenvalue weighted by molar-refractivity contribution is -0.114. The Hall–Kier alpha value is -3.42. The Labute approximate surface area is 199 Å². The summed E-state index contributed by atoms with van der Waals surface area (Å²) in [7, 11) is 1.60. The first-order valence-electron chi connectivity index (χ1n) is 10.3. The van der Waals surface area contributed by atoms with Gasteiger partial charge in [0.1, 0.15) is 17.5 Å². The molecular formula is C26H20N2O3S2. The number of nitrogens with zero attached hydrogens (tertiary/aromatic N) is 1. The Morgan fingerprint density at radius 3 is 2.76 bits per heavy atom. The van der Waals surface area contributed by atoms with Crippen LogP contribution in [0.15, 0.2) is 77.1 Å². The summed E-state index contributed by atoms with van der Waals surface area (Å²) in [6.07, 6.45) is 3.46. The predicted octanol–water partition coefficient (Wildman–Crippen LogP) is 6.30. The number of aromatic nitrogens is 1. The zero-order valence-corrected chi connectivity index (χ0v) is 19.4. The van der Waals surface area contributed by atoms with Gasteiger partial charge in [-0.15, -0.1) is 11.3 Å². The predicted molar refractivity (Wildman–Crippen MR) is 134 cm³/mol. The van der Waals surface area contributed by atoms with Crippen LogP contribution in [-0.4, -0.2) is 22.9 Å². The van der Waals surface area contributed by atoms with Crippen molar-refractivity contribution in [2.45, 2.75) is 12.5 Å². The number of carbonyl (C=O) groups excluding carboxylic acids is 1. The van der Waals surface area contributed by atoms with Gasteiger partial charge in [0.2, 0.25) is 0 Å². The van der Waals surface area contributed by atoms with Gasteiger partial charge in [0.25, 0.3) is 0 Å². The first-order chi connectivity index (χ1) is 16.1. The van der Waals surface area contributed by atoms with Gasteiger partial charge in [-0.1, -0.05) is 60.3 Å². The number of carbonyl (C=O) groups is 1. The summed E-state index contributed by atoms with van der Waals surface area (Å²) in [6.45, 7) is 0.416. The monoisotopic (exact) mass is 472 g/mol. The molecule has 0 aliphatic carbocycles. The summed E-state index contributed by atoms with van der Waals surface area (Å²) in [4.78, 5) is 17.6. The van der Waals surface area contributed by atoms with Crippen LogP contribution in [-0.2, 0) is 11.4 Å². The van der Waals surface area contributed by atoms with Crippen LogP contribution in [0.1, 0.15) is 22.1 Å². The summed E-state index contributed by atoms with van der Waals surface area (Å²) in [5.41, 5.74) is 1.91. The quantitative estimate of drug-likeness (QED) is 0.333. The Bertz CT molecular complexity index is 1370. The third-order valence-electron chi connectivity index (χ3n) is 5.43. The number of methoxy groups -OCH3 is 1. The van der Waals surface area contributed by atoms with Crippen molar-refractivity contribution in [1.82, 2.24) is 4.98 Å². The zero-order valence-electron chi connectivity index (χ0n) is 17.8. The molecule has 0 unspecified atom stereocenters. The molecule has 0 saturated carbocycles. The molecular weight excluding hydrogens is 452 g/mol. The highest BCUT2D eigenvalue weighted by atomic mass is 32.2. The van der Waals surface area contributed by atoms with Gasteiger partial charge in [-0.3, -0.25) is 10.2 Å². The van der Waals surface area contributed by atoms with Crippen molar-refractivity contribution in [2.24, 2.45) is 0 Å². The van der Waals surface area contributed by atoms with Crippen LogP contribution in [0.3, 0.4) is 0 Å². The highest BCUT2D eigenvalue weighted by molar-refractivity contribution is 8.19. The maximum Gasteiger partial charge on any atom is 0.186 e. The molecule has 0 spiro atoms. The van der Waals surface area contributed by atoms with Gasteiger partial charge in [0.05, 0.1) is 17.1 Å². The van der Waals surface area contributed by atoms with E-state index in [4.69, 9.17) is 14.9 Å². The SMILES string of the molecule is COc1cc(/C=C2\SC(=N)[C@H](c3nccs3)C2=O)ccc1OCc1cccc2ccccc12. The minimum absolute atomic E-state index is 0.0878. The maximum absolute atomic E-state index is 12.9. The third-order valence-corrected chi connectivity index (χ3v) is 7.27. The van der Waals surface area contributed by atoms with E-state index in [0.29, 0.717) is 33.1 Å². The Balaban J connectivity index is 1.36. The number of allylic oxidation sites excluding steroid dienone is 1. The standard InChI is InChI=1S/C26H20N2O3S2/c1-30-21-13-16(14-22-24(29)23(25(27)33-22)26-28-11-12-32-26)9-10-20(21)31-15-18-7-4-6-17-5-2-3-8-19(17)18/h2-14,23,27H,15H2,1H3/b22-14-,27-25?/t23-/m1/s1. The van der Waals surface area contributed by atoms with Crippen LogP contribution in [0.4, 0.5) is 0 Å². The molecule has 1 atom stereocenters. The van der Waals surface area contributed by atoms with E-state index in [-0.39, 0.29) is 5.78 Å². The molecule has 4 aromatic rings. The van der Waals surface area contributed by atoms with Crippen LogP contribution in [0, 0.1) is 5.41 Å². The van der Waals surface area contributed by atoms with E-state index < -0.39 is 5.92 Å². The minimum atomic E-state index is -0.591. The van der Waals surface area contributed by atoms with E-state index >= 15 is 0 Å². The lowest BCUT2D eigenvalue weighted by Gasteiger charge is -2.13. The topological polar surface area (TPSA) is 72.3 Å². The van der Waals surface area contributed by atoms with Gasteiger partial charge in [-0.25, -0.2) is 4.98 Å². The summed E-state index contributed by atoms with van der Waals surface area (Å²) >= 11 is 2.59. The van der Waals surface area contributed by atoms with Gasteiger partial charge in [-0.2, -0.15) is 0 Å². The highest BCUT2D eigenvalue weighted by Gasteiger charge is 2.38. The minimum Gasteiger partial charge on any atom is -0.493 e. The van der Waals surface area contributed by atoms with Crippen LogP contribution >= 0.6 is 23.1 Å². The number of ketones is 1. The number of nitrogens with one attached hydrogen (secondary N) is 1. The summed E-state index contributed by atoms with van der Waals surface area (Å²) in [5, 5.41) is 13.4. The van der Waals surface area contributed by atoms with Gasteiger partial charge >= 0.3 is 0 Å². The fraction of sp³-hybridized carbons (Fsp3) is 0.115. The maximum atomic E-state index is 12.9. The highest BCUT2D eigenvalue weighted by Crippen LogP contribution is 2.41. The molecule has 164 valence electrons. The van der Waals surface area contributed by atoms with Gasteiger partial charge in [-0.05, 0) is 40.1 Å². The van der Waals surface area contributed by atoms with Crippen LogP contribution < -0.4 is 9.47 Å². The molecule has 7 heteroatoms. The summed E-state index contributed by atoms with van der Waals surface area (Å²) < 4.78 is 11.7. The zero-order chi connectivity index (χ0) is 22.8. The second-order valence-electron chi connectivity index (χ2n) is 7.48. The first kappa shape index (κ1) is 21.4. The number of fused-ring (bicyclic) bond motifs is 1. The number of hydrogen-bond donors (Lipinski definition) is 1. The van der Waals surface area contributed by atoms with E-state index in [2.05, 4.69) is 29.2 Å². The average Bonchev–Trinajstić information content (AvgIpc) is 3.45. The lowest BCUT2D eigenvalue weighted by atomic mass is 10.0. The van der Waals surface area contributed by atoms with Crippen LogP contribution in [0.25, 0.3) is 16.8 Å². The Kier molecular flexibility index (Phi) is 5.98. The van der Waals surface area contributed by atoms with Crippen molar-refractivity contribution >= 4 is 50.8 Å². The molecule has 0 amide bonds. The average molecular weight is 473 g/mol. The number of thioether (sulfide) groups is 1. The molecule has 0 radical (unpaired) electrons. The molecule has 33 heavy (non-hydrogen) atoms. The van der Waals surface area contributed by atoms with Crippen molar-refractivity contribution in [2.75, 3.05) is 7.11 Å². The molecule has 5 nitrogen and oxygen atoms in total. The molecule has 1 aromatic heterocycles. The van der Waals surface area contributed by atoms with E-state index in [1.807, 2.05) is 41.8 Å².